The van der Waals surface area contributed by atoms with Crippen molar-refractivity contribution in [2.75, 3.05) is 19.8 Å². The number of carbonyl (C=O) groups excluding carboxylic acids is 3. The molecule has 0 saturated carbocycles. The van der Waals surface area contributed by atoms with Gasteiger partial charge < -0.3 is 19.6 Å². The van der Waals surface area contributed by atoms with Crippen LogP contribution >= 0.6 is 11.8 Å². The van der Waals surface area contributed by atoms with E-state index in [0.29, 0.717) is 19.4 Å². The first kappa shape index (κ1) is 30.6. The van der Waals surface area contributed by atoms with Gasteiger partial charge in [0.05, 0.1) is 35.8 Å². The van der Waals surface area contributed by atoms with E-state index in [1.165, 1.54) is 0 Å². The van der Waals surface area contributed by atoms with Gasteiger partial charge >= 0.3 is 5.97 Å². The number of benzene rings is 1. The zero-order chi connectivity index (χ0) is 29.7. The molecule has 2 bridgehead atoms. The second-order valence-corrected chi connectivity index (χ2v) is 15.5. The topological polar surface area (TPSA) is 87.2 Å². The van der Waals surface area contributed by atoms with E-state index < -0.39 is 39.0 Å². The maximum absolute atomic E-state index is 15.0. The Morgan fingerprint density at radius 3 is 2.42 bits per heavy atom. The molecule has 8 heteroatoms. The van der Waals surface area contributed by atoms with E-state index in [2.05, 4.69) is 41.2 Å². The van der Waals surface area contributed by atoms with E-state index >= 15 is 0 Å². The molecular formula is C32H46N2O5S. The van der Waals surface area contributed by atoms with Gasteiger partial charge in [-0.05, 0) is 57.9 Å². The van der Waals surface area contributed by atoms with Gasteiger partial charge in [-0.1, -0.05) is 57.2 Å². The predicted octanol–water partition coefficient (Wildman–Crippen LogP) is 4.99. The van der Waals surface area contributed by atoms with Crippen LogP contribution in [0.2, 0.25) is 0 Å². The lowest BCUT2D eigenvalue weighted by Gasteiger charge is -2.46. The first-order valence-electron chi connectivity index (χ1n) is 14.4. The molecule has 1 N–H and O–H groups in total. The third kappa shape index (κ3) is 5.00. The van der Waals surface area contributed by atoms with Crippen LogP contribution in [0.3, 0.4) is 0 Å². The highest BCUT2D eigenvalue weighted by atomic mass is 32.2. The Labute approximate surface area is 243 Å². The van der Waals surface area contributed by atoms with E-state index in [1.54, 1.807) is 29.7 Å². The minimum Gasteiger partial charge on any atom is -0.466 e. The van der Waals surface area contributed by atoms with Gasteiger partial charge in [0.25, 0.3) is 0 Å². The number of likely N-dealkylation sites (tertiary alicyclic amines) is 1. The summed E-state index contributed by atoms with van der Waals surface area (Å²) in [7, 11) is 0. The summed E-state index contributed by atoms with van der Waals surface area (Å²) in [5.74, 6) is -2.12. The minimum absolute atomic E-state index is 0.0457. The number of hydrogen-bond donors (Lipinski definition) is 1. The van der Waals surface area contributed by atoms with Crippen LogP contribution in [0, 0.1) is 17.3 Å². The van der Waals surface area contributed by atoms with Crippen LogP contribution in [0.4, 0.5) is 0 Å². The summed E-state index contributed by atoms with van der Waals surface area (Å²) in [5, 5.41) is 10.7. The normalized spacial score (nSPS) is 30.2. The van der Waals surface area contributed by atoms with E-state index in [-0.39, 0.29) is 36.4 Å². The molecule has 220 valence electrons. The molecule has 1 aromatic carbocycles. The molecule has 7 nitrogen and oxygen atoms in total. The number of aliphatic hydroxyl groups is 1. The van der Waals surface area contributed by atoms with Crippen molar-refractivity contribution in [1.82, 2.24) is 9.80 Å². The van der Waals surface area contributed by atoms with Crippen LogP contribution in [0.5, 0.6) is 0 Å². The quantitative estimate of drug-likeness (QED) is 0.315. The summed E-state index contributed by atoms with van der Waals surface area (Å²) in [5.41, 5.74) is 0.186. The van der Waals surface area contributed by atoms with Gasteiger partial charge in [-0.15, -0.1) is 18.3 Å². The molecule has 1 spiro atoms. The Hall–Kier alpha value is -2.32. The van der Waals surface area contributed by atoms with Crippen LogP contribution in [-0.2, 0) is 19.1 Å². The Kier molecular flexibility index (Phi) is 8.29. The van der Waals surface area contributed by atoms with Crippen LogP contribution in [0.25, 0.3) is 0 Å². The van der Waals surface area contributed by atoms with Crippen LogP contribution in [0.15, 0.2) is 43.0 Å². The molecule has 3 fully saturated rings. The van der Waals surface area contributed by atoms with Crippen molar-refractivity contribution in [2.24, 2.45) is 17.3 Å². The summed E-state index contributed by atoms with van der Waals surface area (Å²) in [4.78, 5) is 46.5. The zero-order valence-electron chi connectivity index (χ0n) is 25.1. The van der Waals surface area contributed by atoms with Gasteiger partial charge in [0.15, 0.2) is 0 Å². The average molecular weight is 571 g/mol. The van der Waals surface area contributed by atoms with Gasteiger partial charge in [0.2, 0.25) is 11.8 Å². The van der Waals surface area contributed by atoms with Gasteiger partial charge in [-0.2, -0.15) is 0 Å². The van der Waals surface area contributed by atoms with E-state index in [9.17, 15) is 19.5 Å². The van der Waals surface area contributed by atoms with Crippen molar-refractivity contribution >= 4 is 29.5 Å². The fraction of sp³-hybridized carbons (Fsp3) is 0.656. The van der Waals surface area contributed by atoms with E-state index in [1.807, 2.05) is 42.2 Å². The average Bonchev–Trinajstić information content (AvgIpc) is 3.43. The van der Waals surface area contributed by atoms with Gasteiger partial charge in [-0.3, -0.25) is 14.4 Å². The fourth-order valence-corrected chi connectivity index (χ4v) is 10.2. The van der Waals surface area contributed by atoms with Gasteiger partial charge in [0.1, 0.15) is 6.04 Å². The summed E-state index contributed by atoms with van der Waals surface area (Å²) < 4.78 is 4.22. The van der Waals surface area contributed by atoms with Crippen LogP contribution in [0.1, 0.15) is 79.3 Å². The van der Waals surface area contributed by atoms with Gasteiger partial charge in [0, 0.05) is 16.8 Å². The molecule has 6 atom stereocenters. The SMILES string of the molecule is C=CCN(C(=O)C1N([C@H](CO)c2ccccc2)C(=O)[C@@H]2[C@H](C(=O)OCC)[C@]3(C)CCC12S3)C(C)(C)CC(C)(C)C. The number of fused-ring (bicyclic) bond motifs is 1. The maximum Gasteiger partial charge on any atom is 0.311 e. The second kappa shape index (κ2) is 10.8. The van der Waals surface area contributed by atoms with Crippen LogP contribution < -0.4 is 0 Å². The summed E-state index contributed by atoms with van der Waals surface area (Å²) in [6.45, 7) is 18.6. The van der Waals surface area contributed by atoms with Crippen molar-refractivity contribution in [3.05, 3.63) is 48.6 Å². The number of amides is 2. The lowest BCUT2D eigenvalue weighted by molar-refractivity contribution is -0.155. The molecule has 0 aromatic heterocycles. The Bertz CT molecular complexity index is 1150. The largest absolute Gasteiger partial charge is 0.466 e. The number of thioether (sulfide) groups is 1. The monoisotopic (exact) mass is 570 g/mol. The molecule has 3 saturated heterocycles. The molecule has 2 amide bonds. The smallest absolute Gasteiger partial charge is 0.311 e. The number of carbonyl (C=O) groups is 3. The minimum atomic E-state index is -0.840. The first-order chi connectivity index (χ1) is 18.7. The van der Waals surface area contributed by atoms with E-state index in [0.717, 1.165) is 12.0 Å². The Morgan fingerprint density at radius 1 is 1.23 bits per heavy atom. The van der Waals surface area contributed by atoms with Crippen LogP contribution in [-0.4, -0.2) is 73.5 Å². The first-order valence-corrected chi connectivity index (χ1v) is 15.3. The molecule has 4 rings (SSSR count). The Morgan fingerprint density at radius 2 is 1.88 bits per heavy atom. The third-order valence-electron chi connectivity index (χ3n) is 8.95. The standard InChI is InChI=1S/C32H46N2O5S/c1-9-18-33(30(6,7)20-29(3,4)5)27(37)25-32-17-16-31(8,40-32)24(28(38)39-10-2)23(32)26(36)34(25)22(19-35)21-14-12-11-13-15-21/h9,11-15,22-25,35H,1,10,16-20H2,2-8H3/t22-,23+,24-,25?,31+,32?/m1/s1. The number of hydrogen-bond acceptors (Lipinski definition) is 6. The highest BCUT2D eigenvalue weighted by Gasteiger charge is 2.78. The van der Waals surface area contributed by atoms with Gasteiger partial charge in [-0.25, -0.2) is 0 Å². The Balaban J connectivity index is 1.89. The molecule has 40 heavy (non-hydrogen) atoms. The number of nitrogens with zero attached hydrogens (tertiary/aromatic N) is 2. The molecule has 3 aliphatic heterocycles. The van der Waals surface area contributed by atoms with E-state index in [4.69, 9.17) is 4.74 Å². The fourth-order valence-electron chi connectivity index (χ4n) is 7.90. The number of aliphatic hydroxyl groups excluding tert-OH is 1. The number of esters is 1. The summed E-state index contributed by atoms with van der Waals surface area (Å²) >= 11 is 1.62. The molecule has 1 aromatic rings. The summed E-state index contributed by atoms with van der Waals surface area (Å²) in [6.07, 6.45) is 3.84. The highest BCUT2D eigenvalue weighted by Crippen LogP contribution is 2.72. The van der Waals surface area contributed by atoms with Crippen molar-refractivity contribution in [2.45, 2.75) is 94.8 Å². The lowest BCUT2D eigenvalue weighted by Crippen LogP contribution is -2.60. The predicted molar refractivity (Wildman–Crippen MR) is 159 cm³/mol. The molecule has 0 aliphatic carbocycles. The summed E-state index contributed by atoms with van der Waals surface area (Å²) in [6, 6.07) is 7.82. The molecule has 0 radical (unpaired) electrons. The van der Waals surface area contributed by atoms with Crippen molar-refractivity contribution in [3.8, 4) is 0 Å². The van der Waals surface area contributed by atoms with Crippen molar-refractivity contribution in [1.29, 1.82) is 0 Å². The molecule has 3 aliphatic rings. The lowest BCUT2D eigenvalue weighted by atomic mass is 9.66. The zero-order valence-corrected chi connectivity index (χ0v) is 25.9. The molecule has 3 heterocycles. The maximum atomic E-state index is 15.0. The number of ether oxygens (including phenoxy) is 1. The van der Waals surface area contributed by atoms with Crippen molar-refractivity contribution < 1.29 is 24.2 Å². The molecule has 2 unspecified atom stereocenters. The van der Waals surface area contributed by atoms with Crippen molar-refractivity contribution in [3.63, 3.8) is 0 Å². The third-order valence-corrected chi connectivity index (χ3v) is 10.9. The number of rotatable bonds is 10. The second-order valence-electron chi connectivity index (χ2n) is 13.6. The highest BCUT2D eigenvalue weighted by molar-refractivity contribution is 8.02. The molecular weight excluding hydrogens is 524 g/mol.